The van der Waals surface area contributed by atoms with Crippen molar-refractivity contribution in [3.63, 3.8) is 0 Å². The van der Waals surface area contributed by atoms with Crippen molar-refractivity contribution in [2.24, 2.45) is 0 Å². The largest absolute Gasteiger partial charge is 0.755 e. The highest BCUT2D eigenvalue weighted by molar-refractivity contribution is 7.80. The second-order valence-electron chi connectivity index (χ2n) is 4.88. The number of aromatic nitrogens is 2. The number of nitrogens with zero attached hydrogens (tertiary/aromatic N) is 2. The first-order chi connectivity index (χ1) is 10.5. The molecule has 0 aliphatic carbocycles. The van der Waals surface area contributed by atoms with Gasteiger partial charge in [-0.2, -0.15) is 0 Å². The van der Waals surface area contributed by atoms with Gasteiger partial charge in [-0.15, -0.1) is 0 Å². The number of pyridine rings is 2. The summed E-state index contributed by atoms with van der Waals surface area (Å²) in [5.74, 6) is 0.250. The van der Waals surface area contributed by atoms with Crippen LogP contribution >= 0.6 is 0 Å². The minimum absolute atomic E-state index is 0.250. The van der Waals surface area contributed by atoms with Gasteiger partial charge in [0.2, 0.25) is 0 Å². The number of anilines is 2. The molecule has 6 nitrogen and oxygen atoms in total. The third-order valence-corrected chi connectivity index (χ3v) is 3.78. The van der Waals surface area contributed by atoms with Crippen molar-refractivity contribution in [2.45, 2.75) is 6.92 Å². The highest BCUT2D eigenvalue weighted by Crippen LogP contribution is 2.31. The second-order valence-corrected chi connectivity index (χ2v) is 5.56. The smallest absolute Gasteiger partial charge is 0.137 e. The molecule has 0 amide bonds. The van der Waals surface area contributed by atoms with E-state index in [4.69, 9.17) is 5.73 Å². The number of hydrogen-bond acceptors (Lipinski definition) is 5. The molecule has 0 spiro atoms. The molecule has 1 unspecified atom stereocenters. The van der Waals surface area contributed by atoms with Crippen LogP contribution in [0.1, 0.15) is 5.56 Å². The molecular weight excluding hydrogens is 300 g/mol. The lowest BCUT2D eigenvalue weighted by Crippen LogP contribution is -2.04. The molecule has 0 aliphatic heterocycles. The zero-order chi connectivity index (χ0) is 15.7. The second kappa shape index (κ2) is 5.70. The monoisotopic (exact) mass is 313 g/mol. The van der Waals surface area contributed by atoms with Crippen LogP contribution in [0.25, 0.3) is 21.9 Å². The number of rotatable bonds is 3. The fourth-order valence-electron chi connectivity index (χ4n) is 2.35. The van der Waals surface area contributed by atoms with Crippen LogP contribution in [0, 0.1) is 6.92 Å². The molecular formula is C15H13N4O2S-. The molecule has 3 aromatic rings. The summed E-state index contributed by atoms with van der Waals surface area (Å²) >= 11 is -2.41. The normalized spacial score (nSPS) is 12.3. The Bertz CT molecular complexity index is 883. The van der Waals surface area contributed by atoms with Crippen molar-refractivity contribution in [1.29, 1.82) is 0 Å². The Morgan fingerprint density at radius 3 is 2.82 bits per heavy atom. The molecule has 1 aromatic carbocycles. The summed E-state index contributed by atoms with van der Waals surface area (Å²) in [6.07, 6.45) is 5.07. The van der Waals surface area contributed by atoms with Crippen LogP contribution in [0.5, 0.6) is 0 Å². The van der Waals surface area contributed by atoms with Crippen LogP contribution < -0.4 is 10.5 Å². The molecule has 3 N–H and O–H groups in total. The van der Waals surface area contributed by atoms with E-state index in [1.807, 2.05) is 25.1 Å². The maximum Gasteiger partial charge on any atom is 0.137 e. The van der Waals surface area contributed by atoms with Crippen LogP contribution in [0.3, 0.4) is 0 Å². The number of aryl methyl sites for hydroxylation is 1. The highest BCUT2D eigenvalue weighted by Gasteiger charge is 2.07. The standard InChI is InChI=1S/C15H14N4O2S/c1-9-2-3-17-7-12(9)10-4-11-6-15(19-22(20)21)18-8-13(11)14(16)5-10/h2-8H,16H2,1H3,(H,18,19)(H,20,21)/p-1. The molecule has 22 heavy (non-hydrogen) atoms. The van der Waals surface area contributed by atoms with E-state index in [1.165, 1.54) is 0 Å². The predicted octanol–water partition coefficient (Wildman–Crippen LogP) is 2.39. The number of nitrogen functional groups attached to an aromatic ring is 1. The molecule has 0 fully saturated rings. The Labute approximate surface area is 129 Å². The third-order valence-electron chi connectivity index (χ3n) is 3.41. The molecule has 0 radical (unpaired) electrons. The maximum atomic E-state index is 10.7. The Morgan fingerprint density at radius 1 is 1.27 bits per heavy atom. The quantitative estimate of drug-likeness (QED) is 0.570. The first kappa shape index (κ1) is 14.4. The lowest BCUT2D eigenvalue weighted by molar-refractivity contribution is 0.542. The summed E-state index contributed by atoms with van der Waals surface area (Å²) in [6, 6.07) is 7.38. The molecule has 7 heteroatoms. The summed E-state index contributed by atoms with van der Waals surface area (Å²) in [7, 11) is 0. The summed E-state index contributed by atoms with van der Waals surface area (Å²) in [4.78, 5) is 8.17. The lowest BCUT2D eigenvalue weighted by Gasteiger charge is -2.11. The molecule has 3 rings (SSSR count). The van der Waals surface area contributed by atoms with Gasteiger partial charge < -0.3 is 15.0 Å². The predicted molar refractivity (Wildman–Crippen MR) is 86.7 cm³/mol. The zero-order valence-electron chi connectivity index (χ0n) is 11.7. The number of benzene rings is 1. The number of nitrogens with two attached hydrogens (primary N) is 1. The van der Waals surface area contributed by atoms with Gasteiger partial charge in [-0.1, -0.05) is 0 Å². The third kappa shape index (κ3) is 2.76. The Hall–Kier alpha value is -2.51. The summed E-state index contributed by atoms with van der Waals surface area (Å²) in [5.41, 5.74) is 9.67. The van der Waals surface area contributed by atoms with E-state index in [2.05, 4.69) is 14.7 Å². The van der Waals surface area contributed by atoms with E-state index in [1.54, 1.807) is 24.7 Å². The molecule has 0 saturated heterocycles. The van der Waals surface area contributed by atoms with E-state index in [-0.39, 0.29) is 5.82 Å². The van der Waals surface area contributed by atoms with E-state index in [0.717, 1.165) is 27.5 Å². The van der Waals surface area contributed by atoms with Gasteiger partial charge in [-0.3, -0.25) is 9.19 Å². The van der Waals surface area contributed by atoms with Gasteiger partial charge in [0.15, 0.2) is 0 Å². The fraction of sp³-hybridized carbons (Fsp3) is 0.0667. The fourth-order valence-corrected chi connectivity index (χ4v) is 2.63. The summed E-state index contributed by atoms with van der Waals surface area (Å²) in [5, 5.41) is 1.58. The van der Waals surface area contributed by atoms with Gasteiger partial charge in [0, 0.05) is 46.5 Å². The number of fused-ring (bicyclic) bond motifs is 1. The van der Waals surface area contributed by atoms with E-state index >= 15 is 0 Å². The van der Waals surface area contributed by atoms with Crippen molar-refractivity contribution >= 4 is 33.5 Å². The molecule has 0 aliphatic rings. The zero-order valence-corrected chi connectivity index (χ0v) is 12.6. The molecule has 1 atom stereocenters. The molecule has 2 heterocycles. The van der Waals surface area contributed by atoms with Gasteiger partial charge in [-0.25, -0.2) is 4.98 Å². The van der Waals surface area contributed by atoms with Crippen LogP contribution in [0.15, 0.2) is 42.9 Å². The first-order valence-electron chi connectivity index (χ1n) is 6.51. The minimum Gasteiger partial charge on any atom is -0.755 e. The van der Waals surface area contributed by atoms with Gasteiger partial charge >= 0.3 is 0 Å². The Morgan fingerprint density at radius 2 is 2.09 bits per heavy atom. The van der Waals surface area contributed by atoms with Crippen molar-refractivity contribution in [2.75, 3.05) is 10.5 Å². The lowest BCUT2D eigenvalue weighted by atomic mass is 9.99. The Kier molecular flexibility index (Phi) is 3.74. The van der Waals surface area contributed by atoms with Crippen LogP contribution in [0.2, 0.25) is 0 Å². The first-order valence-corrected chi connectivity index (χ1v) is 7.58. The number of hydrogen-bond donors (Lipinski definition) is 2. The number of nitrogens with one attached hydrogen (secondary N) is 1. The molecule has 2 aromatic heterocycles. The molecule has 0 saturated carbocycles. The highest BCUT2D eigenvalue weighted by atomic mass is 32.2. The van der Waals surface area contributed by atoms with Crippen molar-refractivity contribution in [3.05, 3.63) is 48.4 Å². The van der Waals surface area contributed by atoms with E-state index in [9.17, 15) is 8.76 Å². The van der Waals surface area contributed by atoms with Crippen molar-refractivity contribution in [3.8, 4) is 11.1 Å². The molecule has 0 bridgehead atoms. The Balaban J connectivity index is 2.17. The van der Waals surface area contributed by atoms with Crippen LogP contribution in [-0.4, -0.2) is 18.7 Å². The molecule has 112 valence electrons. The van der Waals surface area contributed by atoms with Gasteiger partial charge in [0.05, 0.1) is 0 Å². The van der Waals surface area contributed by atoms with Crippen LogP contribution in [-0.2, 0) is 11.3 Å². The summed E-state index contributed by atoms with van der Waals surface area (Å²) in [6.45, 7) is 2.00. The van der Waals surface area contributed by atoms with Crippen molar-refractivity contribution < 1.29 is 8.76 Å². The topological polar surface area (TPSA) is 104 Å². The van der Waals surface area contributed by atoms with Gasteiger partial charge in [-0.05, 0) is 47.7 Å². The van der Waals surface area contributed by atoms with Crippen LogP contribution in [0.4, 0.5) is 11.5 Å². The van der Waals surface area contributed by atoms with Gasteiger partial charge in [0.25, 0.3) is 0 Å². The summed E-state index contributed by atoms with van der Waals surface area (Å²) < 4.78 is 23.7. The SMILES string of the molecule is Cc1ccncc1-c1cc(N)c2cnc(NS(=O)[O-])cc2c1. The average molecular weight is 313 g/mol. The minimum atomic E-state index is -2.41. The van der Waals surface area contributed by atoms with Gasteiger partial charge in [0.1, 0.15) is 5.82 Å². The average Bonchev–Trinajstić information content (AvgIpc) is 2.46. The van der Waals surface area contributed by atoms with E-state index in [0.29, 0.717) is 5.69 Å². The maximum absolute atomic E-state index is 10.7. The van der Waals surface area contributed by atoms with Crippen molar-refractivity contribution in [1.82, 2.24) is 9.97 Å². The van der Waals surface area contributed by atoms with E-state index < -0.39 is 11.3 Å².